The SMILES string of the molecule is C[C@@H](Nc1cnn(-c2ccccc2Br)c1)c1nnnn1C. The zero-order chi connectivity index (χ0) is 14.8. The fraction of sp³-hybridized carbons (Fsp3) is 0.231. The number of halogens is 1. The minimum atomic E-state index is -0.0122. The number of rotatable bonds is 4. The zero-order valence-electron chi connectivity index (χ0n) is 11.6. The van der Waals surface area contributed by atoms with Crippen LogP contribution in [0.25, 0.3) is 5.69 Å². The van der Waals surface area contributed by atoms with E-state index in [-0.39, 0.29) is 6.04 Å². The van der Waals surface area contributed by atoms with E-state index in [4.69, 9.17) is 0 Å². The minimum absolute atomic E-state index is 0.0122. The molecule has 21 heavy (non-hydrogen) atoms. The fourth-order valence-corrected chi connectivity index (χ4v) is 2.55. The standard InChI is InChI=1S/C13H14BrN7/c1-9(13-17-18-19-20(13)2)16-10-7-15-21(8-10)12-6-4-3-5-11(12)14/h3-9,16H,1-2H3/t9-/m1/s1. The Balaban J connectivity index is 1.80. The lowest BCUT2D eigenvalue weighted by Crippen LogP contribution is -2.12. The summed E-state index contributed by atoms with van der Waals surface area (Å²) in [5.41, 5.74) is 1.89. The molecule has 2 aromatic heterocycles. The fourth-order valence-electron chi connectivity index (χ4n) is 2.08. The average Bonchev–Trinajstić information content (AvgIpc) is 3.08. The molecule has 0 spiro atoms. The lowest BCUT2D eigenvalue weighted by atomic mass is 10.3. The first-order valence-corrected chi connectivity index (χ1v) is 7.23. The van der Waals surface area contributed by atoms with Crippen molar-refractivity contribution in [1.82, 2.24) is 30.0 Å². The molecule has 2 heterocycles. The highest BCUT2D eigenvalue weighted by molar-refractivity contribution is 9.10. The van der Waals surface area contributed by atoms with E-state index in [0.29, 0.717) is 0 Å². The van der Waals surface area contributed by atoms with E-state index in [1.54, 1.807) is 10.9 Å². The van der Waals surface area contributed by atoms with Crippen LogP contribution in [-0.4, -0.2) is 30.0 Å². The van der Waals surface area contributed by atoms with Gasteiger partial charge in [-0.05, 0) is 45.4 Å². The average molecular weight is 348 g/mol. The molecule has 0 bridgehead atoms. The number of para-hydroxylation sites is 1. The van der Waals surface area contributed by atoms with E-state index in [1.807, 2.05) is 49.1 Å². The van der Waals surface area contributed by atoms with Crippen LogP contribution in [0.1, 0.15) is 18.8 Å². The quantitative estimate of drug-likeness (QED) is 0.783. The van der Waals surface area contributed by atoms with Crippen molar-refractivity contribution in [2.45, 2.75) is 13.0 Å². The first kappa shape index (κ1) is 13.7. The molecule has 3 aromatic rings. The van der Waals surface area contributed by atoms with E-state index < -0.39 is 0 Å². The molecule has 0 aliphatic rings. The molecule has 0 saturated carbocycles. The molecule has 0 aliphatic carbocycles. The van der Waals surface area contributed by atoms with Gasteiger partial charge in [-0.25, -0.2) is 9.36 Å². The number of nitrogens with one attached hydrogen (secondary N) is 1. The first-order chi connectivity index (χ1) is 10.1. The van der Waals surface area contributed by atoms with Crippen LogP contribution in [0.4, 0.5) is 5.69 Å². The summed E-state index contributed by atoms with van der Waals surface area (Å²) >= 11 is 3.52. The molecule has 0 aliphatic heterocycles. The van der Waals surface area contributed by atoms with E-state index >= 15 is 0 Å². The van der Waals surface area contributed by atoms with Gasteiger partial charge in [0.2, 0.25) is 0 Å². The van der Waals surface area contributed by atoms with Gasteiger partial charge in [0.25, 0.3) is 0 Å². The van der Waals surface area contributed by atoms with Crippen molar-refractivity contribution in [2.75, 3.05) is 5.32 Å². The number of benzene rings is 1. The monoisotopic (exact) mass is 347 g/mol. The molecular weight excluding hydrogens is 334 g/mol. The van der Waals surface area contributed by atoms with E-state index in [1.165, 1.54) is 0 Å². The van der Waals surface area contributed by atoms with Crippen LogP contribution in [0.2, 0.25) is 0 Å². The molecule has 0 amide bonds. The molecule has 108 valence electrons. The van der Waals surface area contributed by atoms with Gasteiger partial charge in [0.15, 0.2) is 5.82 Å². The summed E-state index contributed by atoms with van der Waals surface area (Å²) in [6.45, 7) is 2.00. The molecule has 0 radical (unpaired) electrons. The second-order valence-corrected chi connectivity index (χ2v) is 5.51. The van der Waals surface area contributed by atoms with Crippen molar-refractivity contribution in [3.05, 3.63) is 47.0 Å². The maximum Gasteiger partial charge on any atom is 0.173 e. The molecule has 0 fully saturated rings. The summed E-state index contributed by atoms with van der Waals surface area (Å²) in [5, 5.41) is 19.2. The van der Waals surface area contributed by atoms with Crippen LogP contribution >= 0.6 is 15.9 Å². The van der Waals surface area contributed by atoms with Gasteiger partial charge in [0, 0.05) is 11.5 Å². The lowest BCUT2D eigenvalue weighted by molar-refractivity contribution is 0.650. The van der Waals surface area contributed by atoms with Crippen LogP contribution in [0.5, 0.6) is 0 Å². The second kappa shape index (κ2) is 5.65. The summed E-state index contributed by atoms with van der Waals surface area (Å²) in [5.74, 6) is 0.767. The molecule has 0 saturated heterocycles. The summed E-state index contributed by atoms with van der Waals surface area (Å²) in [4.78, 5) is 0. The molecule has 1 atom stereocenters. The van der Waals surface area contributed by atoms with Crippen molar-refractivity contribution < 1.29 is 0 Å². The van der Waals surface area contributed by atoms with Crippen LogP contribution in [0.3, 0.4) is 0 Å². The number of aromatic nitrogens is 6. The third kappa shape index (κ3) is 2.80. The van der Waals surface area contributed by atoms with Gasteiger partial charge in [-0.1, -0.05) is 12.1 Å². The van der Waals surface area contributed by atoms with Crippen LogP contribution < -0.4 is 5.32 Å². The Morgan fingerprint density at radius 1 is 1.29 bits per heavy atom. The Bertz CT molecular complexity index is 748. The molecule has 8 heteroatoms. The predicted molar refractivity (Wildman–Crippen MR) is 82.1 cm³/mol. The van der Waals surface area contributed by atoms with Gasteiger partial charge in [-0.3, -0.25) is 0 Å². The largest absolute Gasteiger partial charge is 0.373 e. The lowest BCUT2D eigenvalue weighted by Gasteiger charge is -2.11. The number of aryl methyl sites for hydroxylation is 1. The minimum Gasteiger partial charge on any atom is -0.373 e. The third-order valence-corrected chi connectivity index (χ3v) is 3.78. The third-order valence-electron chi connectivity index (χ3n) is 3.11. The topological polar surface area (TPSA) is 73.5 Å². The Kier molecular flexibility index (Phi) is 3.70. The van der Waals surface area contributed by atoms with Crippen molar-refractivity contribution >= 4 is 21.6 Å². The molecule has 0 unspecified atom stereocenters. The van der Waals surface area contributed by atoms with Crippen molar-refractivity contribution in [3.63, 3.8) is 0 Å². The number of hydrogen-bond acceptors (Lipinski definition) is 5. The number of nitrogens with zero attached hydrogens (tertiary/aromatic N) is 6. The Morgan fingerprint density at radius 3 is 2.81 bits per heavy atom. The highest BCUT2D eigenvalue weighted by Gasteiger charge is 2.13. The highest BCUT2D eigenvalue weighted by Crippen LogP contribution is 2.22. The number of tetrazole rings is 1. The number of hydrogen-bond donors (Lipinski definition) is 1. The van der Waals surface area contributed by atoms with E-state index in [9.17, 15) is 0 Å². The van der Waals surface area contributed by atoms with Crippen molar-refractivity contribution in [1.29, 1.82) is 0 Å². The highest BCUT2D eigenvalue weighted by atomic mass is 79.9. The van der Waals surface area contributed by atoms with Crippen LogP contribution in [0.15, 0.2) is 41.1 Å². The van der Waals surface area contributed by atoms with E-state index in [2.05, 4.69) is 41.9 Å². The van der Waals surface area contributed by atoms with Gasteiger partial charge >= 0.3 is 0 Å². The van der Waals surface area contributed by atoms with Gasteiger partial charge in [0.05, 0.1) is 29.8 Å². The van der Waals surface area contributed by atoms with Gasteiger partial charge in [-0.2, -0.15) is 5.10 Å². The molecule has 1 N–H and O–H groups in total. The second-order valence-electron chi connectivity index (χ2n) is 4.65. The Morgan fingerprint density at radius 2 is 2.10 bits per heavy atom. The van der Waals surface area contributed by atoms with Crippen molar-refractivity contribution in [3.8, 4) is 5.69 Å². The normalized spacial score (nSPS) is 12.3. The van der Waals surface area contributed by atoms with Crippen LogP contribution in [0, 0.1) is 0 Å². The Labute approximate surface area is 130 Å². The first-order valence-electron chi connectivity index (χ1n) is 6.43. The molecular formula is C13H14BrN7. The maximum absolute atomic E-state index is 4.37. The van der Waals surface area contributed by atoms with E-state index in [0.717, 1.165) is 21.7 Å². The molecule has 1 aromatic carbocycles. The summed E-state index contributed by atoms with van der Waals surface area (Å²) in [6, 6.07) is 7.92. The van der Waals surface area contributed by atoms with Crippen molar-refractivity contribution in [2.24, 2.45) is 7.05 Å². The summed E-state index contributed by atoms with van der Waals surface area (Å²) < 4.78 is 4.45. The van der Waals surface area contributed by atoms with Gasteiger partial charge in [-0.15, -0.1) is 5.10 Å². The summed E-state index contributed by atoms with van der Waals surface area (Å²) in [7, 11) is 1.82. The van der Waals surface area contributed by atoms with Crippen LogP contribution in [-0.2, 0) is 7.05 Å². The maximum atomic E-state index is 4.37. The smallest absolute Gasteiger partial charge is 0.173 e. The molecule has 7 nitrogen and oxygen atoms in total. The summed E-state index contributed by atoms with van der Waals surface area (Å²) in [6.07, 6.45) is 3.71. The molecule has 3 rings (SSSR count). The number of anilines is 1. The Hall–Kier alpha value is -2.22. The zero-order valence-corrected chi connectivity index (χ0v) is 13.2. The predicted octanol–water partition coefficient (Wildman–Crippen LogP) is 2.33. The van der Waals surface area contributed by atoms with Gasteiger partial charge < -0.3 is 5.32 Å². The van der Waals surface area contributed by atoms with Gasteiger partial charge in [0.1, 0.15) is 0 Å².